The molecule has 0 bridgehead atoms. The molecule has 1 unspecified atom stereocenters. The first kappa shape index (κ1) is 17.6. The molecule has 2 rings (SSSR count). The Morgan fingerprint density at radius 3 is 2.50 bits per heavy atom. The average Bonchev–Trinajstić information content (AvgIpc) is 2.87. The van der Waals surface area contributed by atoms with Crippen molar-refractivity contribution in [2.45, 2.75) is 34.2 Å². The number of rotatable bonds is 5. The van der Waals surface area contributed by atoms with Crippen LogP contribution < -0.4 is 5.32 Å². The molecule has 124 valence electrons. The quantitative estimate of drug-likeness (QED) is 0.826. The predicted octanol–water partition coefficient (Wildman–Crippen LogP) is 2.67. The molecule has 0 aromatic heterocycles. The number of thioether (sulfide) groups is 1. The summed E-state index contributed by atoms with van der Waals surface area (Å²) in [5.74, 6) is 0. The van der Waals surface area contributed by atoms with E-state index in [4.69, 9.17) is 0 Å². The van der Waals surface area contributed by atoms with Crippen molar-refractivity contribution in [1.82, 2.24) is 9.62 Å². The summed E-state index contributed by atoms with van der Waals surface area (Å²) < 4.78 is 63.5. The van der Waals surface area contributed by atoms with Gasteiger partial charge in [-0.3, -0.25) is 0 Å². The van der Waals surface area contributed by atoms with E-state index in [1.165, 1.54) is 28.6 Å². The van der Waals surface area contributed by atoms with E-state index in [0.717, 1.165) is 12.8 Å². The summed E-state index contributed by atoms with van der Waals surface area (Å²) >= 11 is -0.257. The van der Waals surface area contributed by atoms with Crippen LogP contribution in [0.2, 0.25) is 0 Å². The molecule has 1 heterocycles. The second kappa shape index (κ2) is 6.77. The highest BCUT2D eigenvalue weighted by Crippen LogP contribution is 2.37. The number of likely N-dealkylation sites (N-methyl/N-ethyl adjacent to an activating group) is 1. The molecule has 0 spiro atoms. The Bertz CT molecular complexity index is 603. The van der Waals surface area contributed by atoms with Gasteiger partial charge in [-0.25, -0.2) is 8.42 Å². The average molecular weight is 354 g/mol. The summed E-state index contributed by atoms with van der Waals surface area (Å²) in [6.45, 7) is 0.995. The molecule has 1 aliphatic heterocycles. The van der Waals surface area contributed by atoms with Crippen molar-refractivity contribution in [3.63, 3.8) is 0 Å². The third-order valence-corrected chi connectivity index (χ3v) is 6.13. The molecule has 1 fully saturated rings. The topological polar surface area (TPSA) is 49.4 Å². The Morgan fingerprint density at radius 1 is 1.32 bits per heavy atom. The van der Waals surface area contributed by atoms with Crippen molar-refractivity contribution in [1.29, 1.82) is 0 Å². The molecule has 0 amide bonds. The lowest BCUT2D eigenvalue weighted by molar-refractivity contribution is -0.0328. The summed E-state index contributed by atoms with van der Waals surface area (Å²) in [7, 11) is -1.91. The number of nitrogens with zero attached hydrogens (tertiary/aromatic N) is 1. The Balaban J connectivity index is 2.19. The van der Waals surface area contributed by atoms with Crippen LogP contribution >= 0.6 is 11.8 Å². The van der Waals surface area contributed by atoms with Crippen LogP contribution in [0.5, 0.6) is 0 Å². The van der Waals surface area contributed by atoms with Gasteiger partial charge in [0, 0.05) is 24.0 Å². The van der Waals surface area contributed by atoms with E-state index in [1.54, 1.807) is 7.05 Å². The molecule has 4 nitrogen and oxygen atoms in total. The van der Waals surface area contributed by atoms with Crippen LogP contribution in [0.3, 0.4) is 0 Å². The molecule has 0 aliphatic carbocycles. The maximum atomic E-state index is 12.6. The maximum absolute atomic E-state index is 12.6. The lowest BCUT2D eigenvalue weighted by atomic mass is 10.2. The van der Waals surface area contributed by atoms with Gasteiger partial charge in [-0.1, -0.05) is 0 Å². The molecule has 1 atom stereocenters. The van der Waals surface area contributed by atoms with Crippen LogP contribution in [0.4, 0.5) is 13.2 Å². The van der Waals surface area contributed by atoms with E-state index < -0.39 is 15.5 Å². The first-order valence-corrected chi connectivity index (χ1v) is 9.02. The SMILES string of the molecule is CNCC1CCCN1S(=O)(=O)c1ccc(SC(F)(F)F)cc1. The minimum absolute atomic E-state index is 0.0281. The normalized spacial score (nSPS) is 20.5. The van der Waals surface area contributed by atoms with Gasteiger partial charge in [0.1, 0.15) is 0 Å². The number of alkyl halides is 3. The molecule has 1 N–H and O–H groups in total. The van der Waals surface area contributed by atoms with E-state index in [1.807, 2.05) is 0 Å². The number of hydrogen-bond acceptors (Lipinski definition) is 4. The second-order valence-corrected chi connectivity index (χ2v) is 8.02. The van der Waals surface area contributed by atoms with Crippen LogP contribution in [0.1, 0.15) is 12.8 Å². The van der Waals surface area contributed by atoms with Crippen LogP contribution in [-0.2, 0) is 10.0 Å². The zero-order chi connectivity index (χ0) is 16.4. The molecule has 1 aromatic carbocycles. The molecule has 9 heteroatoms. The van der Waals surface area contributed by atoms with Crippen molar-refractivity contribution in [2.75, 3.05) is 20.1 Å². The van der Waals surface area contributed by atoms with Crippen LogP contribution in [-0.4, -0.2) is 44.4 Å². The minimum Gasteiger partial charge on any atom is -0.318 e. The van der Waals surface area contributed by atoms with Gasteiger partial charge < -0.3 is 5.32 Å². The summed E-state index contributed by atoms with van der Waals surface area (Å²) in [5, 5.41) is 2.96. The fraction of sp³-hybridized carbons (Fsp3) is 0.538. The highest BCUT2D eigenvalue weighted by molar-refractivity contribution is 8.00. The van der Waals surface area contributed by atoms with Crippen molar-refractivity contribution >= 4 is 21.8 Å². The fourth-order valence-electron chi connectivity index (χ4n) is 2.51. The van der Waals surface area contributed by atoms with Gasteiger partial charge in [0.25, 0.3) is 0 Å². The second-order valence-electron chi connectivity index (χ2n) is 4.99. The lowest BCUT2D eigenvalue weighted by Crippen LogP contribution is -2.40. The summed E-state index contributed by atoms with van der Waals surface area (Å²) in [5.41, 5.74) is -4.38. The standard InChI is InChI=1S/C13H17F3N2O2S2/c1-17-9-10-3-2-8-18(10)22(19,20)12-6-4-11(5-7-12)21-13(14,15)16/h4-7,10,17H,2-3,8-9H2,1H3. The first-order valence-electron chi connectivity index (χ1n) is 6.76. The van der Waals surface area contributed by atoms with Gasteiger partial charge in [-0.2, -0.15) is 17.5 Å². The Hall–Kier alpha value is -0.770. The van der Waals surface area contributed by atoms with Gasteiger partial charge in [0.2, 0.25) is 10.0 Å². The highest BCUT2D eigenvalue weighted by atomic mass is 32.2. The monoisotopic (exact) mass is 354 g/mol. The smallest absolute Gasteiger partial charge is 0.318 e. The van der Waals surface area contributed by atoms with Gasteiger partial charge in [-0.15, -0.1) is 0 Å². The molecule has 22 heavy (non-hydrogen) atoms. The van der Waals surface area contributed by atoms with Crippen LogP contribution in [0.25, 0.3) is 0 Å². The third kappa shape index (κ3) is 4.15. The minimum atomic E-state index is -4.38. The van der Waals surface area contributed by atoms with Gasteiger partial charge >= 0.3 is 5.51 Å². The predicted molar refractivity (Wildman–Crippen MR) is 79.2 cm³/mol. The van der Waals surface area contributed by atoms with Gasteiger partial charge in [0.05, 0.1) is 4.90 Å². The zero-order valence-corrected chi connectivity index (χ0v) is 13.6. The van der Waals surface area contributed by atoms with Crippen LogP contribution in [0, 0.1) is 0 Å². The molecule has 1 saturated heterocycles. The summed E-state index contributed by atoms with van der Waals surface area (Å²) in [6, 6.07) is 4.73. The Kier molecular flexibility index (Phi) is 5.41. The van der Waals surface area contributed by atoms with Crippen molar-refractivity contribution in [3.8, 4) is 0 Å². The maximum Gasteiger partial charge on any atom is 0.446 e. The van der Waals surface area contributed by atoms with Crippen molar-refractivity contribution < 1.29 is 21.6 Å². The number of hydrogen-bond donors (Lipinski definition) is 1. The molecule has 1 aliphatic rings. The molecular formula is C13H17F3N2O2S2. The number of nitrogens with one attached hydrogen (secondary N) is 1. The summed E-state index contributed by atoms with van der Waals surface area (Å²) in [4.78, 5) is 0.00155. The van der Waals surface area contributed by atoms with E-state index in [2.05, 4.69) is 5.32 Å². The zero-order valence-electron chi connectivity index (χ0n) is 11.9. The van der Waals surface area contributed by atoms with E-state index in [0.29, 0.717) is 13.1 Å². The van der Waals surface area contributed by atoms with E-state index >= 15 is 0 Å². The van der Waals surface area contributed by atoms with Crippen molar-refractivity contribution in [2.24, 2.45) is 0 Å². The Morgan fingerprint density at radius 2 is 1.95 bits per heavy atom. The largest absolute Gasteiger partial charge is 0.446 e. The van der Waals surface area contributed by atoms with Crippen LogP contribution in [0.15, 0.2) is 34.1 Å². The Labute approximate surface area is 132 Å². The summed E-state index contributed by atoms with van der Waals surface area (Å²) in [6.07, 6.45) is 1.57. The molecule has 0 radical (unpaired) electrons. The molecule has 1 aromatic rings. The highest BCUT2D eigenvalue weighted by Gasteiger charge is 2.35. The fourth-order valence-corrected chi connectivity index (χ4v) is 4.75. The first-order chi connectivity index (χ1) is 10.2. The number of halogens is 3. The van der Waals surface area contributed by atoms with E-state index in [-0.39, 0.29) is 27.6 Å². The van der Waals surface area contributed by atoms with E-state index in [9.17, 15) is 21.6 Å². The lowest BCUT2D eigenvalue weighted by Gasteiger charge is -2.24. The van der Waals surface area contributed by atoms with Gasteiger partial charge in [-0.05, 0) is 55.9 Å². The number of benzene rings is 1. The van der Waals surface area contributed by atoms with Crippen molar-refractivity contribution in [3.05, 3.63) is 24.3 Å². The number of sulfonamides is 1. The van der Waals surface area contributed by atoms with Gasteiger partial charge in [0.15, 0.2) is 0 Å². The molecule has 0 saturated carbocycles. The molecular weight excluding hydrogens is 337 g/mol. The third-order valence-electron chi connectivity index (χ3n) is 3.43.